The number of hydrogen-bond donors (Lipinski definition) is 2. The molecule has 38 heavy (non-hydrogen) atoms. The third kappa shape index (κ3) is 8.00. The average molecular weight is 577 g/mol. The Morgan fingerprint density at radius 3 is 1.79 bits per heavy atom. The Balaban J connectivity index is 1.54. The van der Waals surface area contributed by atoms with Crippen LogP contribution in [0.5, 0.6) is 0 Å². The first-order valence-electron chi connectivity index (χ1n) is 15.1. The summed E-state index contributed by atoms with van der Waals surface area (Å²) in [5.74, 6) is 0. The molecule has 6 nitrogen and oxygen atoms in total. The maximum absolute atomic E-state index is 7.20. The van der Waals surface area contributed by atoms with Gasteiger partial charge in [-0.2, -0.15) is 0 Å². The lowest BCUT2D eigenvalue weighted by Gasteiger charge is -2.55. The summed E-state index contributed by atoms with van der Waals surface area (Å²) in [6.45, 7) is 21.8. The third-order valence-corrected chi connectivity index (χ3v) is 11.0. The van der Waals surface area contributed by atoms with Gasteiger partial charge in [-0.05, 0) is 126 Å². The molecule has 0 bridgehead atoms. The Morgan fingerprint density at radius 1 is 0.789 bits per heavy atom. The maximum atomic E-state index is 7.20. The second kappa shape index (κ2) is 12.3. The molecule has 0 spiro atoms. The van der Waals surface area contributed by atoms with E-state index in [4.69, 9.17) is 28.1 Å². The molecule has 0 aromatic heterocycles. The van der Waals surface area contributed by atoms with Gasteiger partial charge in [0.25, 0.3) is 0 Å². The Labute approximate surface area is 245 Å². The highest BCUT2D eigenvalue weighted by atomic mass is 35.5. The highest BCUT2D eigenvalue weighted by molar-refractivity contribution is 6.24. The molecule has 0 radical (unpaired) electrons. The summed E-state index contributed by atoms with van der Waals surface area (Å²) in [6.07, 6.45) is 9.08. The van der Waals surface area contributed by atoms with Gasteiger partial charge >= 0.3 is 0 Å². The van der Waals surface area contributed by atoms with E-state index in [1.165, 1.54) is 25.7 Å². The second-order valence-corrected chi connectivity index (χ2v) is 16.2. The van der Waals surface area contributed by atoms with Crippen LogP contribution in [0.2, 0.25) is 0 Å². The third-order valence-electron chi connectivity index (χ3n) is 10.2. The smallest absolute Gasteiger partial charge is 0.170 e. The first kappa shape index (κ1) is 32.8. The molecule has 2 unspecified atom stereocenters. The van der Waals surface area contributed by atoms with Gasteiger partial charge < -0.3 is 15.4 Å². The molecular weight excluding hydrogens is 517 g/mol. The monoisotopic (exact) mass is 575 g/mol. The Hall–Kier alpha value is 0.340. The molecule has 3 aliphatic heterocycles. The minimum absolute atomic E-state index is 0.0640. The molecule has 0 aliphatic carbocycles. The van der Waals surface area contributed by atoms with Gasteiger partial charge in [0.1, 0.15) is 0 Å². The zero-order valence-electron chi connectivity index (χ0n) is 26.2. The predicted octanol–water partition coefficient (Wildman–Crippen LogP) is 5.82. The summed E-state index contributed by atoms with van der Waals surface area (Å²) in [4.78, 5) is 5.08. The van der Waals surface area contributed by atoms with E-state index < -0.39 is 5.06 Å². The van der Waals surface area contributed by atoms with Crippen LogP contribution in [0.3, 0.4) is 0 Å². The van der Waals surface area contributed by atoms with Crippen molar-refractivity contribution in [1.29, 1.82) is 0 Å². The number of morpholine rings is 1. The average Bonchev–Trinajstić information content (AvgIpc) is 2.76. The van der Waals surface area contributed by atoms with Gasteiger partial charge in [-0.1, -0.05) is 24.4 Å². The molecule has 2 N–H and O–H groups in total. The SMILES string of the molecule is CN1C(C)(C)CC(NCCCCCC(NC2CC(C)(C)N(C)C(C)(C)C2)C2(Cl)CN(Cl)CCO2)CC1(C)C. The minimum Gasteiger partial charge on any atom is -0.355 e. The lowest BCUT2D eigenvalue weighted by Crippen LogP contribution is -2.65. The molecular formula is C30H59Cl2N5O. The largest absolute Gasteiger partial charge is 0.355 e. The van der Waals surface area contributed by atoms with Crippen molar-refractivity contribution in [3.8, 4) is 0 Å². The fourth-order valence-electron chi connectivity index (χ4n) is 7.55. The van der Waals surface area contributed by atoms with E-state index in [0.717, 1.165) is 32.2 Å². The van der Waals surface area contributed by atoms with Crippen molar-refractivity contribution in [2.24, 2.45) is 0 Å². The molecule has 3 heterocycles. The van der Waals surface area contributed by atoms with Crippen LogP contribution in [0, 0.1) is 0 Å². The van der Waals surface area contributed by atoms with Crippen LogP contribution in [-0.2, 0) is 4.74 Å². The topological polar surface area (TPSA) is 43.0 Å². The first-order chi connectivity index (χ1) is 17.4. The van der Waals surface area contributed by atoms with Crippen molar-refractivity contribution < 1.29 is 4.74 Å². The summed E-state index contributed by atoms with van der Waals surface area (Å²) in [5, 5.41) is 7.09. The number of alkyl halides is 1. The van der Waals surface area contributed by atoms with Gasteiger partial charge in [-0.15, -0.1) is 0 Å². The fraction of sp³-hybridized carbons (Fsp3) is 1.00. The van der Waals surface area contributed by atoms with E-state index in [9.17, 15) is 0 Å². The van der Waals surface area contributed by atoms with E-state index in [-0.39, 0.29) is 28.2 Å². The fourth-order valence-corrected chi connectivity index (χ4v) is 8.25. The number of unbranched alkanes of at least 4 members (excludes halogenated alkanes) is 2. The Bertz CT molecular complexity index is 740. The molecule has 3 saturated heterocycles. The number of hydrogen-bond acceptors (Lipinski definition) is 6. The molecule has 3 aliphatic rings. The molecule has 3 rings (SSSR count). The van der Waals surface area contributed by atoms with Crippen LogP contribution in [0.15, 0.2) is 0 Å². The number of likely N-dealkylation sites (tertiary alicyclic amines) is 2. The van der Waals surface area contributed by atoms with Crippen LogP contribution in [-0.4, -0.2) is 99.9 Å². The van der Waals surface area contributed by atoms with Gasteiger partial charge in [0.2, 0.25) is 0 Å². The van der Waals surface area contributed by atoms with Gasteiger partial charge in [-0.3, -0.25) is 9.80 Å². The van der Waals surface area contributed by atoms with Crippen LogP contribution in [0.25, 0.3) is 0 Å². The van der Waals surface area contributed by atoms with Crippen LogP contribution in [0.1, 0.15) is 107 Å². The van der Waals surface area contributed by atoms with Crippen molar-refractivity contribution in [3.05, 3.63) is 0 Å². The highest BCUT2D eigenvalue weighted by Gasteiger charge is 2.47. The van der Waals surface area contributed by atoms with Crippen molar-refractivity contribution >= 4 is 23.4 Å². The van der Waals surface area contributed by atoms with E-state index >= 15 is 0 Å². The number of rotatable bonds is 10. The normalized spacial score (nSPS) is 31.9. The first-order valence-corrected chi connectivity index (χ1v) is 15.8. The summed E-state index contributed by atoms with van der Waals surface area (Å²) >= 11 is 13.6. The van der Waals surface area contributed by atoms with Crippen molar-refractivity contribution in [3.63, 3.8) is 0 Å². The molecule has 3 fully saturated rings. The lowest BCUT2D eigenvalue weighted by molar-refractivity contribution is -0.0678. The molecule has 0 aromatic carbocycles. The van der Waals surface area contributed by atoms with Crippen molar-refractivity contribution in [1.82, 2.24) is 24.9 Å². The number of ether oxygens (including phenoxy) is 1. The number of halogens is 2. The minimum atomic E-state index is -0.791. The summed E-state index contributed by atoms with van der Waals surface area (Å²) in [5.41, 5.74) is 0.691. The van der Waals surface area contributed by atoms with Crippen LogP contribution < -0.4 is 10.6 Å². The zero-order valence-corrected chi connectivity index (χ0v) is 27.7. The molecule has 0 amide bonds. The van der Waals surface area contributed by atoms with Crippen molar-refractivity contribution in [2.75, 3.05) is 40.3 Å². The van der Waals surface area contributed by atoms with E-state index in [1.54, 1.807) is 4.42 Å². The molecule has 0 saturated carbocycles. The maximum Gasteiger partial charge on any atom is 0.170 e. The van der Waals surface area contributed by atoms with Crippen LogP contribution in [0.4, 0.5) is 0 Å². The van der Waals surface area contributed by atoms with E-state index in [2.05, 4.69) is 89.9 Å². The zero-order chi connectivity index (χ0) is 28.6. The van der Waals surface area contributed by atoms with Gasteiger partial charge in [0.05, 0.1) is 19.2 Å². The lowest BCUT2D eigenvalue weighted by atomic mass is 9.77. The molecule has 0 aromatic rings. The van der Waals surface area contributed by atoms with Gasteiger partial charge in [-0.25, -0.2) is 4.42 Å². The standard InChI is InChI=1S/C30H59Cl2N5O/c1-26(2)18-23(19-27(3,4)35(26)9)33-15-13-11-12-14-25(30(31)22-37(32)16-17-38-30)34-24-20-28(5,6)36(10)29(7,8)21-24/h23-25,33-34H,11-22H2,1-10H3. The summed E-state index contributed by atoms with van der Waals surface area (Å²) in [6, 6.07) is 1.04. The molecule has 2 atom stereocenters. The second-order valence-electron chi connectivity index (χ2n) is 15.1. The number of nitrogens with zero attached hydrogens (tertiary/aromatic N) is 3. The summed E-state index contributed by atoms with van der Waals surface area (Å²) < 4.78 is 8.01. The van der Waals surface area contributed by atoms with Crippen molar-refractivity contribution in [2.45, 2.75) is 152 Å². The Kier molecular flexibility index (Phi) is 10.6. The molecule has 8 heteroatoms. The quantitative estimate of drug-likeness (QED) is 0.194. The molecule has 224 valence electrons. The number of piperidine rings is 2. The number of nitrogens with one attached hydrogen (secondary N) is 2. The van der Waals surface area contributed by atoms with Gasteiger partial charge in [0, 0.05) is 40.8 Å². The highest BCUT2D eigenvalue weighted by Crippen LogP contribution is 2.39. The Morgan fingerprint density at radius 2 is 1.29 bits per heavy atom. The van der Waals surface area contributed by atoms with E-state index in [1.807, 2.05) is 0 Å². The van der Waals surface area contributed by atoms with Crippen LogP contribution >= 0.6 is 23.4 Å². The summed E-state index contributed by atoms with van der Waals surface area (Å²) in [7, 11) is 4.53. The predicted molar refractivity (Wildman–Crippen MR) is 163 cm³/mol. The van der Waals surface area contributed by atoms with Gasteiger partial charge in [0.15, 0.2) is 5.06 Å². The van der Waals surface area contributed by atoms with E-state index in [0.29, 0.717) is 31.8 Å².